The predicted octanol–water partition coefficient (Wildman–Crippen LogP) is 3.36. The van der Waals surface area contributed by atoms with Gasteiger partial charge in [-0.3, -0.25) is 0 Å². The maximum absolute atomic E-state index is 9.04. The smallest absolute Gasteiger partial charge is 0.148 e. The number of benzene rings is 1. The molecule has 0 amide bonds. The number of hydrogen-bond acceptors (Lipinski definition) is 4. The van der Waals surface area contributed by atoms with Gasteiger partial charge in [0.25, 0.3) is 0 Å². The van der Waals surface area contributed by atoms with E-state index in [1.54, 1.807) is 19.4 Å². The molecule has 0 fully saturated rings. The number of aromatic nitrogens is 1. The molecule has 0 radical (unpaired) electrons. The fourth-order valence-electron chi connectivity index (χ4n) is 1.50. The first-order valence-corrected chi connectivity index (χ1v) is 5.58. The first kappa shape index (κ1) is 12.2. The summed E-state index contributed by atoms with van der Waals surface area (Å²) in [6, 6.07) is 11.1. The predicted molar refractivity (Wildman–Crippen MR) is 70.2 cm³/mol. The Morgan fingerprint density at radius 2 is 2.22 bits per heavy atom. The van der Waals surface area contributed by atoms with E-state index in [1.807, 2.05) is 30.3 Å². The molecule has 4 nitrogen and oxygen atoms in total. The Kier molecular flexibility index (Phi) is 3.66. The molecular weight excluding hydrogens is 250 g/mol. The maximum Gasteiger partial charge on any atom is 0.148 e. The summed E-state index contributed by atoms with van der Waals surface area (Å²) in [6.45, 7) is 0. The van der Waals surface area contributed by atoms with E-state index < -0.39 is 0 Å². The normalized spacial score (nSPS) is 9.61. The van der Waals surface area contributed by atoms with Crippen LogP contribution in [0, 0.1) is 11.3 Å². The zero-order chi connectivity index (χ0) is 13.0. The van der Waals surface area contributed by atoms with Crippen molar-refractivity contribution in [1.82, 2.24) is 4.98 Å². The van der Waals surface area contributed by atoms with E-state index in [0.717, 1.165) is 11.4 Å². The lowest BCUT2D eigenvalue weighted by molar-refractivity contribution is 0.415. The van der Waals surface area contributed by atoms with Gasteiger partial charge in [-0.25, -0.2) is 4.98 Å². The van der Waals surface area contributed by atoms with Gasteiger partial charge in [-0.05, 0) is 18.2 Å². The van der Waals surface area contributed by atoms with Crippen molar-refractivity contribution in [3.63, 3.8) is 0 Å². The van der Waals surface area contributed by atoms with Crippen LogP contribution >= 0.6 is 11.6 Å². The third kappa shape index (κ3) is 2.53. The van der Waals surface area contributed by atoms with Crippen molar-refractivity contribution in [2.24, 2.45) is 0 Å². The molecular formula is C13H10ClN3O. The van der Waals surface area contributed by atoms with Crippen LogP contribution in [0.2, 0.25) is 5.15 Å². The lowest BCUT2D eigenvalue weighted by Gasteiger charge is -2.09. The number of nitrogens with one attached hydrogen (secondary N) is 1. The number of anilines is 2. The van der Waals surface area contributed by atoms with Crippen LogP contribution in [-0.2, 0) is 0 Å². The lowest BCUT2D eigenvalue weighted by atomic mass is 10.2. The SMILES string of the molecule is COc1cccc(Nc2ccnc(Cl)c2C#N)c1. The first-order valence-electron chi connectivity index (χ1n) is 5.20. The van der Waals surface area contributed by atoms with E-state index in [0.29, 0.717) is 11.3 Å². The van der Waals surface area contributed by atoms with Gasteiger partial charge in [-0.15, -0.1) is 0 Å². The van der Waals surface area contributed by atoms with Crippen molar-refractivity contribution < 1.29 is 4.74 Å². The summed E-state index contributed by atoms with van der Waals surface area (Å²) in [7, 11) is 1.60. The summed E-state index contributed by atoms with van der Waals surface area (Å²) >= 11 is 5.86. The lowest BCUT2D eigenvalue weighted by Crippen LogP contribution is -1.96. The Labute approximate surface area is 110 Å². The molecule has 0 unspecified atom stereocenters. The van der Waals surface area contributed by atoms with Gasteiger partial charge in [0.1, 0.15) is 22.5 Å². The Balaban J connectivity index is 2.34. The maximum atomic E-state index is 9.04. The number of halogens is 1. The third-order valence-electron chi connectivity index (χ3n) is 2.37. The highest BCUT2D eigenvalue weighted by molar-refractivity contribution is 6.30. The van der Waals surface area contributed by atoms with Gasteiger partial charge in [0, 0.05) is 18.0 Å². The second kappa shape index (κ2) is 5.39. The number of ether oxygens (including phenoxy) is 1. The molecule has 2 aromatic rings. The third-order valence-corrected chi connectivity index (χ3v) is 2.65. The summed E-state index contributed by atoms with van der Waals surface area (Å²) in [5.74, 6) is 0.735. The number of rotatable bonds is 3. The van der Waals surface area contributed by atoms with Crippen molar-refractivity contribution in [1.29, 1.82) is 5.26 Å². The topological polar surface area (TPSA) is 57.9 Å². The van der Waals surface area contributed by atoms with E-state index >= 15 is 0 Å². The van der Waals surface area contributed by atoms with E-state index in [1.165, 1.54) is 0 Å². The molecule has 1 aromatic carbocycles. The molecule has 0 saturated carbocycles. The monoisotopic (exact) mass is 259 g/mol. The molecule has 1 aromatic heterocycles. The summed E-state index contributed by atoms with van der Waals surface area (Å²) in [5, 5.41) is 12.3. The summed E-state index contributed by atoms with van der Waals surface area (Å²) in [6.07, 6.45) is 1.55. The highest BCUT2D eigenvalue weighted by Crippen LogP contribution is 2.26. The highest BCUT2D eigenvalue weighted by atomic mass is 35.5. The Hall–Kier alpha value is -2.25. The molecule has 1 N–H and O–H groups in total. The van der Waals surface area contributed by atoms with Gasteiger partial charge in [0.15, 0.2) is 0 Å². The van der Waals surface area contributed by atoms with E-state index in [4.69, 9.17) is 21.6 Å². The van der Waals surface area contributed by atoms with Crippen LogP contribution in [0.1, 0.15) is 5.56 Å². The molecule has 5 heteroatoms. The number of pyridine rings is 1. The standard InChI is InChI=1S/C13H10ClN3O/c1-18-10-4-2-3-9(7-10)17-12-5-6-16-13(14)11(12)8-15/h2-7H,1H3,(H,16,17). The molecule has 0 atom stereocenters. The van der Waals surface area contributed by atoms with Gasteiger partial charge in [-0.2, -0.15) is 5.26 Å². The molecule has 0 aliphatic heterocycles. The van der Waals surface area contributed by atoms with Crippen LogP contribution in [0.25, 0.3) is 0 Å². The molecule has 0 aliphatic carbocycles. The van der Waals surface area contributed by atoms with Gasteiger partial charge >= 0.3 is 0 Å². The van der Waals surface area contributed by atoms with Crippen molar-refractivity contribution in [2.75, 3.05) is 12.4 Å². The Bertz CT molecular complexity index is 607. The molecule has 1 heterocycles. The van der Waals surface area contributed by atoms with Crippen molar-refractivity contribution in [3.05, 3.63) is 47.2 Å². The number of nitriles is 1. The van der Waals surface area contributed by atoms with Crippen LogP contribution < -0.4 is 10.1 Å². The molecule has 0 bridgehead atoms. The van der Waals surface area contributed by atoms with Gasteiger partial charge in [0.05, 0.1) is 12.8 Å². The average molecular weight is 260 g/mol. The van der Waals surface area contributed by atoms with Crippen LogP contribution in [0.3, 0.4) is 0 Å². The molecule has 90 valence electrons. The summed E-state index contributed by atoms with van der Waals surface area (Å²) in [4.78, 5) is 3.86. The Morgan fingerprint density at radius 1 is 1.39 bits per heavy atom. The zero-order valence-corrected chi connectivity index (χ0v) is 10.4. The van der Waals surface area contributed by atoms with Crippen LogP contribution in [0.4, 0.5) is 11.4 Å². The average Bonchev–Trinajstić information content (AvgIpc) is 2.39. The highest BCUT2D eigenvalue weighted by Gasteiger charge is 2.07. The summed E-state index contributed by atoms with van der Waals surface area (Å²) < 4.78 is 5.13. The molecule has 2 rings (SSSR count). The molecule has 0 saturated heterocycles. The van der Waals surface area contributed by atoms with Gasteiger partial charge in [0.2, 0.25) is 0 Å². The van der Waals surface area contributed by atoms with Crippen molar-refractivity contribution in [2.45, 2.75) is 0 Å². The minimum atomic E-state index is 0.186. The fraction of sp³-hybridized carbons (Fsp3) is 0.0769. The molecule has 0 spiro atoms. The van der Waals surface area contributed by atoms with Crippen molar-refractivity contribution >= 4 is 23.0 Å². The Morgan fingerprint density at radius 3 is 2.94 bits per heavy atom. The quantitative estimate of drug-likeness (QED) is 0.859. The van der Waals surface area contributed by atoms with Crippen LogP contribution in [0.5, 0.6) is 5.75 Å². The van der Waals surface area contributed by atoms with Gasteiger partial charge < -0.3 is 10.1 Å². The first-order chi connectivity index (χ1) is 8.74. The minimum Gasteiger partial charge on any atom is -0.497 e. The van der Waals surface area contributed by atoms with E-state index in [2.05, 4.69) is 10.3 Å². The minimum absolute atomic E-state index is 0.186. The van der Waals surface area contributed by atoms with E-state index in [-0.39, 0.29) is 5.15 Å². The summed E-state index contributed by atoms with van der Waals surface area (Å²) in [5.41, 5.74) is 1.75. The largest absolute Gasteiger partial charge is 0.497 e. The van der Waals surface area contributed by atoms with Gasteiger partial charge in [-0.1, -0.05) is 17.7 Å². The second-order valence-corrected chi connectivity index (χ2v) is 3.85. The fourth-order valence-corrected chi connectivity index (χ4v) is 1.70. The number of nitrogens with zero attached hydrogens (tertiary/aromatic N) is 2. The molecule has 0 aliphatic rings. The molecule has 18 heavy (non-hydrogen) atoms. The number of methoxy groups -OCH3 is 1. The zero-order valence-electron chi connectivity index (χ0n) is 9.64. The number of hydrogen-bond donors (Lipinski definition) is 1. The van der Waals surface area contributed by atoms with Crippen LogP contribution in [-0.4, -0.2) is 12.1 Å². The van der Waals surface area contributed by atoms with Crippen molar-refractivity contribution in [3.8, 4) is 11.8 Å². The second-order valence-electron chi connectivity index (χ2n) is 3.49. The van der Waals surface area contributed by atoms with Crippen LogP contribution in [0.15, 0.2) is 36.5 Å². The van der Waals surface area contributed by atoms with E-state index in [9.17, 15) is 0 Å².